The number of benzene rings is 2. The molecule has 2 aromatic rings. The minimum atomic E-state index is 0.719. The molecule has 0 aliphatic carbocycles. The second-order valence-electron chi connectivity index (χ2n) is 8.96. The number of ether oxygens (including phenoxy) is 3. The summed E-state index contributed by atoms with van der Waals surface area (Å²) in [5.74, 6) is 3.16. The average molecular weight is 455 g/mol. The highest BCUT2D eigenvalue weighted by atomic mass is 16.5. The zero-order valence-electron chi connectivity index (χ0n) is 21.2. The molecular weight excluding hydrogens is 408 g/mol. The van der Waals surface area contributed by atoms with Crippen molar-refractivity contribution in [3.05, 3.63) is 48.5 Å². The van der Waals surface area contributed by atoms with Gasteiger partial charge in [-0.2, -0.15) is 0 Å². The summed E-state index contributed by atoms with van der Waals surface area (Å²) in [4.78, 5) is 0. The van der Waals surface area contributed by atoms with E-state index in [9.17, 15) is 0 Å². The van der Waals surface area contributed by atoms with Gasteiger partial charge in [0.2, 0.25) is 0 Å². The molecule has 0 radical (unpaired) electrons. The van der Waals surface area contributed by atoms with Crippen LogP contribution in [0.25, 0.3) is 0 Å². The summed E-state index contributed by atoms with van der Waals surface area (Å²) in [5, 5.41) is 0. The van der Waals surface area contributed by atoms with Gasteiger partial charge in [-0.15, -0.1) is 0 Å². The molecule has 3 heteroatoms. The van der Waals surface area contributed by atoms with Crippen molar-refractivity contribution in [2.75, 3.05) is 13.2 Å². The summed E-state index contributed by atoms with van der Waals surface area (Å²) < 4.78 is 18.3. The predicted molar refractivity (Wildman–Crippen MR) is 140 cm³/mol. The molecule has 0 heterocycles. The van der Waals surface area contributed by atoms with E-state index in [4.69, 9.17) is 14.2 Å². The van der Waals surface area contributed by atoms with Crippen LogP contribution in [0.15, 0.2) is 48.5 Å². The molecule has 0 bridgehead atoms. The maximum atomic E-state index is 6.15. The highest BCUT2D eigenvalue weighted by Gasteiger charge is 2.09. The quantitative estimate of drug-likeness (QED) is 0.186. The van der Waals surface area contributed by atoms with Crippen molar-refractivity contribution in [2.45, 2.75) is 104 Å². The van der Waals surface area contributed by atoms with Crippen molar-refractivity contribution >= 4 is 0 Å². The molecular formula is C30H46O3. The minimum absolute atomic E-state index is 0.719. The van der Waals surface area contributed by atoms with E-state index in [-0.39, 0.29) is 0 Å². The Hall–Kier alpha value is -2.16. The van der Waals surface area contributed by atoms with Crippen LogP contribution in [0.2, 0.25) is 0 Å². The number of hydrogen-bond donors (Lipinski definition) is 0. The molecule has 0 aromatic heterocycles. The Morgan fingerprint density at radius 1 is 0.485 bits per heavy atom. The van der Waals surface area contributed by atoms with Gasteiger partial charge < -0.3 is 14.2 Å². The minimum Gasteiger partial charge on any atom is -0.493 e. The lowest BCUT2D eigenvalue weighted by atomic mass is 10.1. The molecule has 0 N–H and O–H groups in total. The third kappa shape index (κ3) is 12.6. The Bertz CT molecular complexity index is 714. The van der Waals surface area contributed by atoms with E-state index in [1.165, 1.54) is 77.0 Å². The van der Waals surface area contributed by atoms with Crippen LogP contribution in [0.3, 0.4) is 0 Å². The van der Waals surface area contributed by atoms with Gasteiger partial charge in [0.25, 0.3) is 0 Å². The molecule has 0 saturated carbocycles. The SMILES string of the molecule is CCCCCCCCCOc1ccc(OCCCCCCCCC)c(Oc2ccccc2)c1. The van der Waals surface area contributed by atoms with Gasteiger partial charge in [0.05, 0.1) is 13.2 Å². The van der Waals surface area contributed by atoms with E-state index < -0.39 is 0 Å². The van der Waals surface area contributed by atoms with Gasteiger partial charge in [-0.25, -0.2) is 0 Å². The van der Waals surface area contributed by atoms with Crippen molar-refractivity contribution < 1.29 is 14.2 Å². The van der Waals surface area contributed by atoms with Crippen molar-refractivity contribution in [3.63, 3.8) is 0 Å². The highest BCUT2D eigenvalue weighted by molar-refractivity contribution is 5.47. The molecule has 0 unspecified atom stereocenters. The molecule has 0 aliphatic heterocycles. The monoisotopic (exact) mass is 454 g/mol. The first-order valence-electron chi connectivity index (χ1n) is 13.5. The van der Waals surface area contributed by atoms with E-state index in [2.05, 4.69) is 13.8 Å². The molecule has 2 aromatic carbocycles. The second kappa shape index (κ2) is 18.3. The smallest absolute Gasteiger partial charge is 0.172 e. The van der Waals surface area contributed by atoms with Crippen LogP contribution in [-0.4, -0.2) is 13.2 Å². The highest BCUT2D eigenvalue weighted by Crippen LogP contribution is 2.35. The van der Waals surface area contributed by atoms with E-state index >= 15 is 0 Å². The average Bonchev–Trinajstić information content (AvgIpc) is 2.84. The van der Waals surface area contributed by atoms with Gasteiger partial charge in [0, 0.05) is 6.07 Å². The molecule has 0 fully saturated rings. The maximum Gasteiger partial charge on any atom is 0.172 e. The summed E-state index contributed by atoms with van der Waals surface area (Å²) in [6.45, 7) is 5.98. The zero-order valence-corrected chi connectivity index (χ0v) is 21.2. The molecule has 2 rings (SSSR count). The van der Waals surface area contributed by atoms with Crippen LogP contribution < -0.4 is 14.2 Å². The van der Waals surface area contributed by atoms with Crippen molar-refractivity contribution in [3.8, 4) is 23.0 Å². The Morgan fingerprint density at radius 3 is 1.64 bits per heavy atom. The molecule has 0 atom stereocenters. The third-order valence-corrected chi connectivity index (χ3v) is 5.91. The lowest BCUT2D eigenvalue weighted by Crippen LogP contribution is -2.01. The fraction of sp³-hybridized carbons (Fsp3) is 0.600. The Labute approximate surface area is 202 Å². The lowest BCUT2D eigenvalue weighted by molar-refractivity contribution is 0.284. The number of para-hydroxylation sites is 1. The van der Waals surface area contributed by atoms with Crippen LogP contribution >= 0.6 is 0 Å². The van der Waals surface area contributed by atoms with Crippen molar-refractivity contribution in [2.24, 2.45) is 0 Å². The normalized spacial score (nSPS) is 10.8. The van der Waals surface area contributed by atoms with Gasteiger partial charge in [-0.3, -0.25) is 0 Å². The summed E-state index contributed by atoms with van der Waals surface area (Å²) in [7, 11) is 0. The summed E-state index contributed by atoms with van der Waals surface area (Å²) in [5.41, 5.74) is 0. The summed E-state index contributed by atoms with van der Waals surface area (Å²) in [6.07, 6.45) is 17.9. The topological polar surface area (TPSA) is 27.7 Å². The van der Waals surface area contributed by atoms with Gasteiger partial charge in [0.15, 0.2) is 11.5 Å². The maximum absolute atomic E-state index is 6.15. The molecule has 3 nitrogen and oxygen atoms in total. The third-order valence-electron chi connectivity index (χ3n) is 5.91. The van der Waals surface area contributed by atoms with E-state index in [0.29, 0.717) is 0 Å². The van der Waals surface area contributed by atoms with Crippen LogP contribution in [0, 0.1) is 0 Å². The van der Waals surface area contributed by atoms with Crippen LogP contribution in [-0.2, 0) is 0 Å². The zero-order chi connectivity index (χ0) is 23.4. The largest absolute Gasteiger partial charge is 0.493 e. The van der Waals surface area contributed by atoms with E-state index in [1.807, 2.05) is 48.5 Å². The summed E-state index contributed by atoms with van der Waals surface area (Å²) in [6, 6.07) is 15.8. The number of hydrogen-bond acceptors (Lipinski definition) is 3. The first-order valence-corrected chi connectivity index (χ1v) is 13.5. The van der Waals surface area contributed by atoms with E-state index in [1.54, 1.807) is 0 Å². The predicted octanol–water partition coefficient (Wildman–Crippen LogP) is 9.74. The standard InChI is InChI=1S/C30H46O3/c1-3-5-7-9-11-13-18-24-31-28-22-23-29(32-25-19-14-12-10-8-6-4-2)30(26-28)33-27-20-16-15-17-21-27/h15-17,20-23,26H,3-14,18-19,24-25H2,1-2H3. The van der Waals surface area contributed by atoms with Crippen molar-refractivity contribution in [1.29, 1.82) is 0 Å². The van der Waals surface area contributed by atoms with Gasteiger partial charge >= 0.3 is 0 Å². The Morgan fingerprint density at radius 2 is 1.03 bits per heavy atom. The molecule has 0 aliphatic rings. The van der Waals surface area contributed by atoms with Gasteiger partial charge in [0.1, 0.15) is 11.5 Å². The summed E-state index contributed by atoms with van der Waals surface area (Å²) >= 11 is 0. The van der Waals surface area contributed by atoms with E-state index in [0.717, 1.165) is 49.1 Å². The number of unbranched alkanes of at least 4 members (excludes halogenated alkanes) is 12. The molecule has 0 amide bonds. The van der Waals surface area contributed by atoms with Crippen LogP contribution in [0.4, 0.5) is 0 Å². The molecule has 33 heavy (non-hydrogen) atoms. The Balaban J connectivity index is 1.80. The Kier molecular flexibility index (Phi) is 15.0. The molecule has 0 saturated heterocycles. The lowest BCUT2D eigenvalue weighted by Gasteiger charge is -2.15. The second-order valence-corrected chi connectivity index (χ2v) is 8.96. The first-order chi connectivity index (χ1) is 16.3. The first kappa shape index (κ1) is 27.1. The van der Waals surface area contributed by atoms with Crippen LogP contribution in [0.5, 0.6) is 23.0 Å². The van der Waals surface area contributed by atoms with Gasteiger partial charge in [-0.05, 0) is 37.1 Å². The molecule has 184 valence electrons. The molecule has 0 spiro atoms. The van der Waals surface area contributed by atoms with Gasteiger partial charge in [-0.1, -0.05) is 109 Å². The fourth-order valence-corrected chi connectivity index (χ4v) is 3.88. The van der Waals surface area contributed by atoms with Crippen molar-refractivity contribution in [1.82, 2.24) is 0 Å². The fourth-order valence-electron chi connectivity index (χ4n) is 3.88. The van der Waals surface area contributed by atoms with Crippen LogP contribution in [0.1, 0.15) is 104 Å². The number of rotatable bonds is 20.